The second-order valence-corrected chi connectivity index (χ2v) is 5.70. The first kappa shape index (κ1) is 14.0. The van der Waals surface area contributed by atoms with Gasteiger partial charge in [-0.15, -0.1) is 11.6 Å². The van der Waals surface area contributed by atoms with Crippen molar-refractivity contribution >= 4 is 17.2 Å². The van der Waals surface area contributed by atoms with Gasteiger partial charge in [-0.3, -0.25) is 0 Å². The molecule has 0 radical (unpaired) electrons. The van der Waals surface area contributed by atoms with Crippen molar-refractivity contribution in [3.8, 4) is 17.0 Å². The Morgan fingerprint density at radius 1 is 1.19 bits per heavy atom. The van der Waals surface area contributed by atoms with Gasteiger partial charge in [0.1, 0.15) is 11.4 Å². The van der Waals surface area contributed by atoms with Gasteiger partial charge < -0.3 is 9.14 Å². The minimum atomic E-state index is -0.151. The Kier molecular flexibility index (Phi) is 3.60. The van der Waals surface area contributed by atoms with Gasteiger partial charge in [-0.2, -0.15) is 0 Å². The zero-order valence-corrected chi connectivity index (χ0v) is 13.1. The van der Waals surface area contributed by atoms with E-state index in [0.29, 0.717) is 0 Å². The van der Waals surface area contributed by atoms with E-state index in [1.165, 1.54) is 0 Å². The fourth-order valence-electron chi connectivity index (χ4n) is 2.64. The number of methoxy groups -OCH3 is 1. The predicted molar refractivity (Wildman–Crippen MR) is 86.2 cm³/mol. The lowest BCUT2D eigenvalue weighted by Crippen LogP contribution is -1.96. The van der Waals surface area contributed by atoms with E-state index in [1.54, 1.807) is 7.11 Å². The van der Waals surface area contributed by atoms with Crippen molar-refractivity contribution in [2.24, 2.45) is 0 Å². The van der Waals surface area contributed by atoms with E-state index in [2.05, 4.69) is 17.4 Å². The molecule has 1 unspecified atom stereocenters. The van der Waals surface area contributed by atoms with Crippen LogP contribution in [0.5, 0.6) is 5.75 Å². The lowest BCUT2D eigenvalue weighted by Gasteiger charge is -2.10. The zero-order chi connectivity index (χ0) is 15.0. The number of alkyl halides is 1. The maximum absolute atomic E-state index is 6.42. The molecular formula is C17H17ClN2O. The molecule has 3 nitrogen and oxygen atoms in total. The van der Waals surface area contributed by atoms with Crippen molar-refractivity contribution in [1.82, 2.24) is 9.38 Å². The summed E-state index contributed by atoms with van der Waals surface area (Å²) in [5, 5.41) is -0.151. The number of pyridine rings is 1. The summed E-state index contributed by atoms with van der Waals surface area (Å²) < 4.78 is 7.53. The molecule has 0 aliphatic carbocycles. The van der Waals surface area contributed by atoms with Crippen LogP contribution >= 0.6 is 11.6 Å². The van der Waals surface area contributed by atoms with E-state index in [4.69, 9.17) is 21.3 Å². The zero-order valence-electron chi connectivity index (χ0n) is 12.3. The molecular weight excluding hydrogens is 284 g/mol. The molecule has 3 aromatic rings. The summed E-state index contributed by atoms with van der Waals surface area (Å²) in [6.45, 7) is 4.02. The third kappa shape index (κ3) is 2.28. The standard InChI is InChI=1S/C17H17ClN2O/c1-11-7-6-10-20-16(12(2)18)15(19-17(11)20)13-8-4-5-9-14(13)21-3/h4-10,12H,1-3H3. The number of halogens is 1. The number of rotatable bonds is 3. The molecule has 1 atom stereocenters. The summed E-state index contributed by atoms with van der Waals surface area (Å²) in [5.74, 6) is 0.803. The van der Waals surface area contributed by atoms with Crippen LogP contribution in [0.25, 0.3) is 16.9 Å². The van der Waals surface area contributed by atoms with Gasteiger partial charge in [-0.25, -0.2) is 4.98 Å². The number of aromatic nitrogens is 2. The molecule has 1 aromatic carbocycles. The van der Waals surface area contributed by atoms with Crippen LogP contribution in [-0.2, 0) is 0 Å². The van der Waals surface area contributed by atoms with E-state index in [0.717, 1.165) is 33.9 Å². The lowest BCUT2D eigenvalue weighted by atomic mass is 10.1. The van der Waals surface area contributed by atoms with Crippen molar-refractivity contribution in [2.45, 2.75) is 19.2 Å². The topological polar surface area (TPSA) is 26.5 Å². The normalized spacial score (nSPS) is 12.6. The summed E-state index contributed by atoms with van der Waals surface area (Å²) in [7, 11) is 1.67. The fraction of sp³-hybridized carbons (Fsp3) is 0.235. The Hall–Kier alpha value is -2.00. The molecule has 0 bridgehead atoms. The van der Waals surface area contributed by atoms with E-state index in [1.807, 2.05) is 43.5 Å². The number of hydrogen-bond acceptors (Lipinski definition) is 2. The average molecular weight is 301 g/mol. The summed E-state index contributed by atoms with van der Waals surface area (Å²) in [6, 6.07) is 12.0. The number of aryl methyl sites for hydroxylation is 1. The van der Waals surface area contributed by atoms with E-state index in [-0.39, 0.29) is 5.38 Å². The molecule has 0 amide bonds. The highest BCUT2D eigenvalue weighted by atomic mass is 35.5. The van der Waals surface area contributed by atoms with Gasteiger partial charge in [0.2, 0.25) is 0 Å². The first-order valence-electron chi connectivity index (χ1n) is 6.88. The number of fused-ring (bicyclic) bond motifs is 1. The van der Waals surface area contributed by atoms with Gasteiger partial charge in [0.15, 0.2) is 0 Å². The van der Waals surface area contributed by atoms with Gasteiger partial charge in [-0.1, -0.05) is 18.2 Å². The smallest absolute Gasteiger partial charge is 0.140 e. The van der Waals surface area contributed by atoms with Crippen LogP contribution in [0.1, 0.15) is 23.6 Å². The van der Waals surface area contributed by atoms with Crippen molar-refractivity contribution in [2.75, 3.05) is 7.11 Å². The molecule has 0 N–H and O–H groups in total. The van der Waals surface area contributed by atoms with Crippen molar-refractivity contribution < 1.29 is 4.74 Å². The van der Waals surface area contributed by atoms with Crippen LogP contribution in [-0.4, -0.2) is 16.5 Å². The first-order chi connectivity index (χ1) is 10.1. The molecule has 108 valence electrons. The summed E-state index contributed by atoms with van der Waals surface area (Å²) in [6.07, 6.45) is 2.00. The predicted octanol–water partition coefficient (Wildman–Crippen LogP) is 4.62. The maximum atomic E-state index is 6.42. The molecule has 4 heteroatoms. The molecule has 2 heterocycles. The van der Waals surface area contributed by atoms with Gasteiger partial charge in [0, 0.05) is 11.8 Å². The van der Waals surface area contributed by atoms with E-state index >= 15 is 0 Å². The maximum Gasteiger partial charge on any atom is 0.140 e. The summed E-state index contributed by atoms with van der Waals surface area (Å²) in [4.78, 5) is 4.81. The average Bonchev–Trinajstić information content (AvgIpc) is 2.88. The molecule has 0 fully saturated rings. The molecule has 0 aliphatic heterocycles. The third-order valence-electron chi connectivity index (χ3n) is 3.62. The Morgan fingerprint density at radius 3 is 2.67 bits per heavy atom. The first-order valence-corrected chi connectivity index (χ1v) is 7.32. The fourth-order valence-corrected chi connectivity index (χ4v) is 2.85. The largest absolute Gasteiger partial charge is 0.496 e. The SMILES string of the molecule is COc1ccccc1-c1nc2c(C)cccn2c1C(C)Cl. The van der Waals surface area contributed by atoms with Gasteiger partial charge in [0.05, 0.1) is 23.9 Å². The Morgan fingerprint density at radius 2 is 1.95 bits per heavy atom. The number of ether oxygens (including phenoxy) is 1. The Labute approximate surface area is 129 Å². The minimum Gasteiger partial charge on any atom is -0.496 e. The summed E-state index contributed by atoms with van der Waals surface area (Å²) >= 11 is 6.42. The molecule has 3 rings (SSSR count). The minimum absolute atomic E-state index is 0.151. The highest BCUT2D eigenvalue weighted by Gasteiger charge is 2.20. The monoisotopic (exact) mass is 300 g/mol. The molecule has 21 heavy (non-hydrogen) atoms. The quantitative estimate of drug-likeness (QED) is 0.660. The van der Waals surface area contributed by atoms with Crippen LogP contribution in [0.3, 0.4) is 0 Å². The number of hydrogen-bond donors (Lipinski definition) is 0. The number of imidazole rings is 1. The van der Waals surface area contributed by atoms with Crippen LogP contribution in [0.15, 0.2) is 42.6 Å². The Bertz CT molecular complexity index is 793. The molecule has 0 aliphatic rings. The number of nitrogens with zero attached hydrogens (tertiary/aromatic N) is 2. The highest BCUT2D eigenvalue weighted by molar-refractivity contribution is 6.20. The highest BCUT2D eigenvalue weighted by Crippen LogP contribution is 2.36. The second-order valence-electron chi connectivity index (χ2n) is 5.05. The Balaban J connectivity index is 2.37. The number of benzene rings is 1. The van der Waals surface area contributed by atoms with Crippen molar-refractivity contribution in [3.63, 3.8) is 0 Å². The van der Waals surface area contributed by atoms with Crippen LogP contribution < -0.4 is 4.74 Å². The van der Waals surface area contributed by atoms with Crippen LogP contribution in [0, 0.1) is 6.92 Å². The second kappa shape index (κ2) is 5.41. The third-order valence-corrected chi connectivity index (χ3v) is 3.83. The molecule has 0 saturated heterocycles. The number of para-hydroxylation sites is 1. The van der Waals surface area contributed by atoms with E-state index in [9.17, 15) is 0 Å². The van der Waals surface area contributed by atoms with Crippen LogP contribution in [0.4, 0.5) is 0 Å². The van der Waals surface area contributed by atoms with Gasteiger partial charge in [0.25, 0.3) is 0 Å². The van der Waals surface area contributed by atoms with E-state index < -0.39 is 0 Å². The van der Waals surface area contributed by atoms with Crippen molar-refractivity contribution in [1.29, 1.82) is 0 Å². The molecule has 0 saturated carbocycles. The molecule has 0 spiro atoms. The van der Waals surface area contributed by atoms with Crippen LogP contribution in [0.2, 0.25) is 0 Å². The molecule has 2 aromatic heterocycles. The van der Waals surface area contributed by atoms with Gasteiger partial charge in [-0.05, 0) is 37.6 Å². The van der Waals surface area contributed by atoms with Crippen molar-refractivity contribution in [3.05, 3.63) is 53.9 Å². The van der Waals surface area contributed by atoms with Gasteiger partial charge >= 0.3 is 0 Å². The lowest BCUT2D eigenvalue weighted by molar-refractivity contribution is 0.416. The summed E-state index contributed by atoms with van der Waals surface area (Å²) in [5.41, 5.74) is 4.88.